The van der Waals surface area contributed by atoms with Gasteiger partial charge >= 0.3 is 0 Å². The number of hydrogen-bond donors (Lipinski definition) is 0. The van der Waals surface area contributed by atoms with Gasteiger partial charge in [-0.25, -0.2) is 9.97 Å². The summed E-state index contributed by atoms with van der Waals surface area (Å²) in [6.45, 7) is 4.22. The van der Waals surface area contributed by atoms with Crippen LogP contribution in [0, 0.1) is 0 Å². The summed E-state index contributed by atoms with van der Waals surface area (Å²) in [6, 6.07) is 0.400. The number of anilines is 1. The predicted octanol–water partition coefficient (Wildman–Crippen LogP) is 1.52. The number of nitrogens with zero attached hydrogens (tertiary/aromatic N) is 3. The molecule has 0 aliphatic heterocycles. The average Bonchev–Trinajstić information content (AvgIpc) is 2.27. The van der Waals surface area contributed by atoms with E-state index in [2.05, 4.69) is 23.8 Å². The van der Waals surface area contributed by atoms with Crippen LogP contribution in [0.3, 0.4) is 0 Å². The highest BCUT2D eigenvalue weighted by atomic mass is 16.1. The van der Waals surface area contributed by atoms with E-state index < -0.39 is 0 Å². The van der Waals surface area contributed by atoms with Gasteiger partial charge in [0.05, 0.1) is 5.56 Å². The van der Waals surface area contributed by atoms with Gasteiger partial charge in [0.25, 0.3) is 0 Å². The Labute approximate surface area is 84.0 Å². The smallest absolute Gasteiger partial charge is 0.225 e. The van der Waals surface area contributed by atoms with Crippen molar-refractivity contribution in [1.82, 2.24) is 9.97 Å². The molecule has 0 amide bonds. The summed E-state index contributed by atoms with van der Waals surface area (Å²) in [6.07, 6.45) is 4.85. The van der Waals surface area contributed by atoms with Crippen molar-refractivity contribution in [2.75, 3.05) is 11.9 Å². The van der Waals surface area contributed by atoms with Gasteiger partial charge < -0.3 is 4.90 Å². The molecule has 4 nitrogen and oxygen atoms in total. The first-order chi connectivity index (χ1) is 6.69. The number of carbonyl (C=O) groups is 1. The van der Waals surface area contributed by atoms with Gasteiger partial charge in [0.15, 0.2) is 6.29 Å². The van der Waals surface area contributed by atoms with Crippen LogP contribution in [0.1, 0.15) is 30.6 Å². The third-order valence-electron chi connectivity index (χ3n) is 2.36. The highest BCUT2D eigenvalue weighted by Crippen LogP contribution is 2.09. The molecule has 1 atom stereocenters. The van der Waals surface area contributed by atoms with Crippen molar-refractivity contribution >= 4 is 12.2 Å². The molecule has 0 saturated carbocycles. The molecule has 1 rings (SSSR count). The lowest BCUT2D eigenvalue weighted by atomic mass is 10.2. The second-order valence-corrected chi connectivity index (χ2v) is 3.30. The minimum atomic E-state index is 0.400. The van der Waals surface area contributed by atoms with Crippen LogP contribution in [-0.2, 0) is 0 Å². The molecule has 0 aliphatic carbocycles. The predicted molar refractivity (Wildman–Crippen MR) is 55.6 cm³/mol. The number of aromatic nitrogens is 2. The first-order valence-corrected chi connectivity index (χ1v) is 4.69. The maximum absolute atomic E-state index is 10.4. The van der Waals surface area contributed by atoms with Crippen molar-refractivity contribution in [2.24, 2.45) is 0 Å². The van der Waals surface area contributed by atoms with Crippen molar-refractivity contribution < 1.29 is 4.79 Å². The second-order valence-electron chi connectivity index (χ2n) is 3.30. The molecule has 0 bridgehead atoms. The van der Waals surface area contributed by atoms with Crippen LogP contribution in [0.2, 0.25) is 0 Å². The van der Waals surface area contributed by atoms with Crippen molar-refractivity contribution in [3.63, 3.8) is 0 Å². The zero-order valence-electron chi connectivity index (χ0n) is 8.77. The van der Waals surface area contributed by atoms with Crippen molar-refractivity contribution in [3.8, 4) is 0 Å². The third kappa shape index (κ3) is 2.28. The summed E-state index contributed by atoms with van der Waals surface area (Å²) in [5.41, 5.74) is 0.506. The quantitative estimate of drug-likeness (QED) is 0.680. The molecule has 76 valence electrons. The number of carbonyl (C=O) groups excluding carboxylic acids is 1. The molecular formula is C10H15N3O. The lowest BCUT2D eigenvalue weighted by Gasteiger charge is -2.23. The van der Waals surface area contributed by atoms with Crippen molar-refractivity contribution in [2.45, 2.75) is 26.3 Å². The summed E-state index contributed by atoms with van der Waals surface area (Å²) >= 11 is 0. The Bertz CT molecular complexity index is 297. The molecule has 1 aromatic rings. The van der Waals surface area contributed by atoms with Gasteiger partial charge in [-0.3, -0.25) is 4.79 Å². The Morgan fingerprint density at radius 1 is 1.50 bits per heavy atom. The zero-order chi connectivity index (χ0) is 10.6. The van der Waals surface area contributed by atoms with Crippen LogP contribution < -0.4 is 4.90 Å². The monoisotopic (exact) mass is 193 g/mol. The topological polar surface area (TPSA) is 46.1 Å². The van der Waals surface area contributed by atoms with Crippen LogP contribution >= 0.6 is 0 Å². The number of aldehydes is 1. The van der Waals surface area contributed by atoms with E-state index in [9.17, 15) is 4.79 Å². The number of hydrogen-bond acceptors (Lipinski definition) is 4. The normalized spacial score (nSPS) is 12.2. The Hall–Kier alpha value is -1.45. The third-order valence-corrected chi connectivity index (χ3v) is 2.36. The summed E-state index contributed by atoms with van der Waals surface area (Å²) < 4.78 is 0. The maximum atomic E-state index is 10.4. The molecule has 0 aromatic carbocycles. The minimum Gasteiger partial charge on any atom is -0.341 e. The first-order valence-electron chi connectivity index (χ1n) is 4.69. The van der Waals surface area contributed by atoms with Gasteiger partial charge in [0.2, 0.25) is 5.95 Å². The largest absolute Gasteiger partial charge is 0.341 e. The van der Waals surface area contributed by atoms with E-state index in [1.165, 1.54) is 12.4 Å². The van der Waals surface area contributed by atoms with Gasteiger partial charge in [-0.2, -0.15) is 0 Å². The van der Waals surface area contributed by atoms with E-state index in [1.54, 1.807) is 0 Å². The van der Waals surface area contributed by atoms with E-state index in [4.69, 9.17) is 0 Å². The molecule has 14 heavy (non-hydrogen) atoms. The fraction of sp³-hybridized carbons (Fsp3) is 0.500. The standard InChI is InChI=1S/C10H15N3O/c1-4-8(2)13(3)10-11-5-9(7-14)6-12-10/h5-8H,4H2,1-3H3. The van der Waals surface area contributed by atoms with E-state index in [0.29, 0.717) is 17.6 Å². The van der Waals surface area contributed by atoms with E-state index in [0.717, 1.165) is 12.7 Å². The summed E-state index contributed by atoms with van der Waals surface area (Å²) in [4.78, 5) is 20.6. The van der Waals surface area contributed by atoms with Gasteiger partial charge in [-0.05, 0) is 13.3 Å². The highest BCUT2D eigenvalue weighted by molar-refractivity contribution is 5.73. The molecule has 0 spiro atoms. The molecule has 0 radical (unpaired) electrons. The van der Waals surface area contributed by atoms with Gasteiger partial charge in [0, 0.05) is 25.5 Å². The molecular weight excluding hydrogens is 178 g/mol. The Morgan fingerprint density at radius 3 is 2.50 bits per heavy atom. The summed E-state index contributed by atoms with van der Waals surface area (Å²) in [7, 11) is 1.95. The van der Waals surface area contributed by atoms with Crippen LogP contribution in [0.25, 0.3) is 0 Å². The molecule has 0 aliphatic rings. The molecule has 0 fully saturated rings. The maximum Gasteiger partial charge on any atom is 0.225 e. The van der Waals surface area contributed by atoms with E-state index >= 15 is 0 Å². The first kappa shape index (κ1) is 10.6. The average molecular weight is 193 g/mol. The second kappa shape index (κ2) is 4.69. The lowest BCUT2D eigenvalue weighted by molar-refractivity contribution is 0.112. The SMILES string of the molecule is CCC(C)N(C)c1ncc(C=O)cn1. The number of rotatable bonds is 4. The van der Waals surface area contributed by atoms with Crippen LogP contribution in [-0.4, -0.2) is 29.3 Å². The van der Waals surface area contributed by atoms with Crippen LogP contribution in [0.4, 0.5) is 5.95 Å². The van der Waals surface area contributed by atoms with E-state index in [-0.39, 0.29) is 0 Å². The molecule has 0 saturated heterocycles. The van der Waals surface area contributed by atoms with Crippen molar-refractivity contribution in [3.05, 3.63) is 18.0 Å². The highest BCUT2D eigenvalue weighted by Gasteiger charge is 2.09. The molecule has 1 unspecified atom stereocenters. The van der Waals surface area contributed by atoms with Gasteiger partial charge in [-0.15, -0.1) is 0 Å². The molecule has 0 N–H and O–H groups in total. The summed E-state index contributed by atoms with van der Waals surface area (Å²) in [5.74, 6) is 0.657. The lowest BCUT2D eigenvalue weighted by Crippen LogP contribution is -2.29. The Balaban J connectivity index is 2.80. The Kier molecular flexibility index (Phi) is 3.56. The van der Waals surface area contributed by atoms with E-state index in [1.807, 2.05) is 11.9 Å². The zero-order valence-corrected chi connectivity index (χ0v) is 8.77. The molecule has 1 heterocycles. The fourth-order valence-electron chi connectivity index (χ4n) is 1.05. The summed E-state index contributed by atoms with van der Waals surface area (Å²) in [5, 5.41) is 0. The van der Waals surface area contributed by atoms with Crippen LogP contribution in [0.15, 0.2) is 12.4 Å². The van der Waals surface area contributed by atoms with Crippen LogP contribution in [0.5, 0.6) is 0 Å². The van der Waals surface area contributed by atoms with Gasteiger partial charge in [-0.1, -0.05) is 6.92 Å². The minimum absolute atomic E-state index is 0.400. The van der Waals surface area contributed by atoms with Crippen molar-refractivity contribution in [1.29, 1.82) is 0 Å². The molecule has 1 aromatic heterocycles. The fourth-order valence-corrected chi connectivity index (χ4v) is 1.05. The molecule has 4 heteroatoms. The Morgan fingerprint density at radius 2 is 2.07 bits per heavy atom. The van der Waals surface area contributed by atoms with Gasteiger partial charge in [0.1, 0.15) is 0 Å².